The third-order valence-electron chi connectivity index (χ3n) is 6.16. The second-order valence-electron chi connectivity index (χ2n) is 8.09. The van der Waals surface area contributed by atoms with Crippen molar-refractivity contribution in [2.45, 2.75) is 18.4 Å². The van der Waals surface area contributed by atoms with E-state index in [9.17, 15) is 0 Å². The van der Waals surface area contributed by atoms with Crippen molar-refractivity contribution in [3.63, 3.8) is 0 Å². The monoisotopic (exact) mass is 482 g/mol. The molecular weight excluding hydrogens is 460 g/mol. The van der Waals surface area contributed by atoms with Crippen LogP contribution in [0.5, 0.6) is 5.75 Å². The number of nitrogens with zero attached hydrogens (tertiary/aromatic N) is 1. The Bertz CT molecular complexity index is 1220. The van der Waals surface area contributed by atoms with Crippen LogP contribution in [0, 0.1) is 18.3 Å². The topological polar surface area (TPSA) is 33.6 Å². The summed E-state index contributed by atoms with van der Waals surface area (Å²) in [6, 6.07) is 23.3. The molecule has 3 aromatic rings. The van der Waals surface area contributed by atoms with Gasteiger partial charge in [-0.05, 0) is 59.9 Å². The zero-order chi connectivity index (χ0) is 21.9. The molecule has 158 valence electrons. The van der Waals surface area contributed by atoms with Gasteiger partial charge in [0.05, 0.1) is 11.7 Å². The lowest BCUT2D eigenvalue weighted by molar-refractivity contribution is 0.370. The van der Waals surface area contributed by atoms with Crippen molar-refractivity contribution in [3.05, 3.63) is 100 Å². The number of halogens is 1. The Hall–Kier alpha value is -3.29. The van der Waals surface area contributed by atoms with Gasteiger partial charge in [0.25, 0.3) is 0 Å². The first-order valence-electron chi connectivity index (χ1n) is 10.7. The molecule has 0 aromatic heterocycles. The minimum atomic E-state index is 0.228. The number of anilines is 1. The second kappa shape index (κ2) is 9.06. The van der Waals surface area contributed by atoms with Crippen molar-refractivity contribution in [2.75, 3.05) is 11.9 Å². The molecule has 3 atom stereocenters. The van der Waals surface area contributed by atoms with Crippen LogP contribution in [0.25, 0.3) is 0 Å². The minimum absolute atomic E-state index is 0.228. The van der Waals surface area contributed by atoms with E-state index in [1.807, 2.05) is 24.4 Å². The van der Waals surface area contributed by atoms with Gasteiger partial charge in [0.2, 0.25) is 0 Å². The summed E-state index contributed by atoms with van der Waals surface area (Å²) in [6.07, 6.45) is 12.9. The number of hydrogen-bond donors (Lipinski definition) is 1. The highest BCUT2D eigenvalue weighted by Gasteiger charge is 2.37. The van der Waals surface area contributed by atoms with Gasteiger partial charge in [0.1, 0.15) is 12.4 Å². The van der Waals surface area contributed by atoms with Gasteiger partial charge in [-0.25, -0.2) is 0 Å². The molecule has 5 rings (SSSR count). The number of aliphatic imine (C=N–C) groups is 1. The molecule has 0 radical (unpaired) electrons. The molecule has 1 aliphatic heterocycles. The highest BCUT2D eigenvalue weighted by Crippen LogP contribution is 2.49. The summed E-state index contributed by atoms with van der Waals surface area (Å²) in [5.41, 5.74) is 5.71. The lowest BCUT2D eigenvalue weighted by atomic mass is 9.77. The van der Waals surface area contributed by atoms with Crippen molar-refractivity contribution >= 4 is 33.5 Å². The number of hydrogen-bond acceptors (Lipinski definition) is 3. The van der Waals surface area contributed by atoms with Crippen LogP contribution in [0.2, 0.25) is 0 Å². The van der Waals surface area contributed by atoms with Crippen molar-refractivity contribution in [3.8, 4) is 18.1 Å². The molecule has 1 heterocycles. The van der Waals surface area contributed by atoms with Gasteiger partial charge in [0.15, 0.2) is 0 Å². The maximum atomic E-state index is 5.63. The number of ether oxygens (including phenoxy) is 1. The Morgan fingerprint density at radius 1 is 1.12 bits per heavy atom. The molecule has 32 heavy (non-hydrogen) atoms. The van der Waals surface area contributed by atoms with E-state index in [4.69, 9.17) is 11.2 Å². The first-order chi connectivity index (χ1) is 15.7. The Morgan fingerprint density at radius 3 is 2.81 bits per heavy atom. The number of para-hydroxylation sites is 1. The Balaban J connectivity index is 1.37. The molecule has 1 aliphatic carbocycles. The quantitative estimate of drug-likeness (QED) is 0.240. The van der Waals surface area contributed by atoms with Gasteiger partial charge in [-0.3, -0.25) is 4.99 Å². The van der Waals surface area contributed by atoms with E-state index in [-0.39, 0.29) is 12.6 Å². The van der Waals surface area contributed by atoms with E-state index in [2.05, 4.69) is 92.8 Å². The van der Waals surface area contributed by atoms with Gasteiger partial charge in [0, 0.05) is 27.9 Å². The van der Waals surface area contributed by atoms with Gasteiger partial charge < -0.3 is 10.1 Å². The molecule has 1 N–H and O–H groups in total. The van der Waals surface area contributed by atoms with Crippen LogP contribution in [0.3, 0.4) is 0 Å². The molecule has 0 bridgehead atoms. The zero-order valence-electron chi connectivity index (χ0n) is 17.5. The molecule has 3 aromatic carbocycles. The van der Waals surface area contributed by atoms with Crippen LogP contribution in [-0.4, -0.2) is 12.8 Å². The van der Waals surface area contributed by atoms with Crippen LogP contribution in [-0.2, 0) is 0 Å². The van der Waals surface area contributed by atoms with Crippen molar-refractivity contribution in [2.24, 2.45) is 10.9 Å². The SMILES string of the molecule is C#CCOc1ccc(Br)cc1C=Nc1ccc([C@@H]2Nc3ccccc3[C@@H]3C=CC[C@H]32)cc1. The predicted octanol–water partition coefficient (Wildman–Crippen LogP) is 7.04. The van der Waals surface area contributed by atoms with Crippen LogP contribution < -0.4 is 10.1 Å². The fraction of sp³-hybridized carbons (Fsp3) is 0.179. The molecule has 0 saturated carbocycles. The van der Waals surface area contributed by atoms with Gasteiger partial charge >= 0.3 is 0 Å². The molecule has 0 unspecified atom stereocenters. The summed E-state index contributed by atoms with van der Waals surface area (Å²) < 4.78 is 6.60. The maximum Gasteiger partial charge on any atom is 0.148 e. The lowest BCUT2D eigenvalue weighted by Gasteiger charge is -2.37. The number of fused-ring (bicyclic) bond motifs is 3. The fourth-order valence-corrected chi connectivity index (χ4v) is 5.04. The molecule has 2 aliphatic rings. The zero-order valence-corrected chi connectivity index (χ0v) is 19.1. The lowest BCUT2D eigenvalue weighted by Crippen LogP contribution is -2.28. The molecule has 0 saturated heterocycles. The highest BCUT2D eigenvalue weighted by atomic mass is 79.9. The Morgan fingerprint density at radius 2 is 1.97 bits per heavy atom. The number of benzene rings is 3. The highest BCUT2D eigenvalue weighted by molar-refractivity contribution is 9.10. The average molecular weight is 483 g/mol. The van der Waals surface area contributed by atoms with Crippen molar-refractivity contribution in [1.82, 2.24) is 0 Å². The first kappa shape index (κ1) is 20.6. The predicted molar refractivity (Wildman–Crippen MR) is 135 cm³/mol. The molecule has 3 nitrogen and oxygen atoms in total. The van der Waals surface area contributed by atoms with Gasteiger partial charge in [-0.15, -0.1) is 6.42 Å². The largest absolute Gasteiger partial charge is 0.480 e. The van der Waals surface area contributed by atoms with Crippen molar-refractivity contribution < 1.29 is 4.74 Å². The number of rotatable bonds is 5. The molecule has 0 amide bonds. The van der Waals surface area contributed by atoms with Crippen LogP contribution in [0.15, 0.2) is 88.3 Å². The summed E-state index contributed by atoms with van der Waals surface area (Å²) >= 11 is 3.51. The maximum absolute atomic E-state index is 5.63. The van der Waals surface area contributed by atoms with E-state index in [0.717, 1.165) is 27.9 Å². The summed E-state index contributed by atoms with van der Waals surface area (Å²) in [7, 11) is 0. The normalized spacial score (nSPS) is 20.9. The summed E-state index contributed by atoms with van der Waals surface area (Å²) in [6.45, 7) is 0.228. The number of allylic oxidation sites excluding steroid dienone is 2. The standard InChI is InChI=1S/C28H23BrN2O/c1-2-16-32-27-15-12-21(29)17-20(27)18-30-22-13-10-19(11-14-22)28-25-8-5-7-23(25)24-6-3-4-9-26(24)31-28/h1,3-7,9-15,17-18,23,25,28,31H,8,16H2/t23-,25+,28-/m0/s1. The molecular formula is C28H23BrN2O. The van der Waals surface area contributed by atoms with E-state index in [1.165, 1.54) is 16.8 Å². The van der Waals surface area contributed by atoms with Gasteiger partial charge in [-0.1, -0.05) is 64.3 Å². The van der Waals surface area contributed by atoms with E-state index >= 15 is 0 Å². The third kappa shape index (κ3) is 4.09. The summed E-state index contributed by atoms with van der Waals surface area (Å²) in [4.78, 5) is 4.66. The number of terminal acetylenes is 1. The number of nitrogens with one attached hydrogen (secondary N) is 1. The average Bonchev–Trinajstić information content (AvgIpc) is 3.32. The van der Waals surface area contributed by atoms with Crippen LogP contribution in [0.4, 0.5) is 11.4 Å². The molecule has 0 fully saturated rings. The van der Waals surface area contributed by atoms with Crippen LogP contribution in [0.1, 0.15) is 35.1 Å². The second-order valence-corrected chi connectivity index (χ2v) is 9.00. The first-order valence-corrected chi connectivity index (χ1v) is 11.5. The summed E-state index contributed by atoms with van der Waals surface area (Å²) in [5.74, 6) is 4.24. The molecule has 0 spiro atoms. The smallest absolute Gasteiger partial charge is 0.148 e. The van der Waals surface area contributed by atoms with E-state index in [1.54, 1.807) is 0 Å². The van der Waals surface area contributed by atoms with Crippen LogP contribution >= 0.6 is 15.9 Å². The third-order valence-corrected chi connectivity index (χ3v) is 6.65. The van der Waals surface area contributed by atoms with Gasteiger partial charge in [-0.2, -0.15) is 0 Å². The van der Waals surface area contributed by atoms with Crippen molar-refractivity contribution in [1.29, 1.82) is 0 Å². The summed E-state index contributed by atoms with van der Waals surface area (Å²) in [5, 5.41) is 3.78. The Labute approximate surface area is 197 Å². The van der Waals surface area contributed by atoms with E-state index < -0.39 is 0 Å². The van der Waals surface area contributed by atoms with E-state index in [0.29, 0.717) is 11.8 Å². The minimum Gasteiger partial charge on any atom is -0.480 e. The fourth-order valence-electron chi connectivity index (χ4n) is 4.66. The molecule has 4 heteroatoms. The Kier molecular flexibility index (Phi) is 5.83.